The number of aliphatic hydroxyl groups is 1. The van der Waals surface area contributed by atoms with Gasteiger partial charge in [-0.1, -0.05) is 29.8 Å². The molecule has 0 aliphatic carbocycles. The second-order valence-corrected chi connectivity index (χ2v) is 6.45. The van der Waals surface area contributed by atoms with Gasteiger partial charge in [0.1, 0.15) is 11.6 Å². The van der Waals surface area contributed by atoms with Crippen LogP contribution in [0.1, 0.15) is 28.5 Å². The number of hydrogen-bond donors (Lipinski definition) is 4. The number of aliphatic hydroxyl groups excluding tert-OH is 1. The summed E-state index contributed by atoms with van der Waals surface area (Å²) >= 11 is 6.26. The van der Waals surface area contributed by atoms with E-state index in [-0.39, 0.29) is 6.61 Å². The first-order chi connectivity index (χ1) is 13.5. The molecule has 0 saturated carbocycles. The molecule has 1 aromatic carbocycles. The molecule has 0 spiro atoms. The van der Waals surface area contributed by atoms with Gasteiger partial charge in [-0.2, -0.15) is 5.10 Å². The first-order valence-electron chi connectivity index (χ1n) is 8.73. The number of halogens is 1. The Kier molecular flexibility index (Phi) is 6.13. The number of hydrogen-bond acceptors (Lipinski definition) is 6. The van der Waals surface area contributed by atoms with Gasteiger partial charge >= 0.3 is 0 Å². The molecule has 2 aromatic heterocycles. The van der Waals surface area contributed by atoms with Crippen molar-refractivity contribution in [1.82, 2.24) is 14.8 Å². The van der Waals surface area contributed by atoms with Gasteiger partial charge in [-0.05, 0) is 18.6 Å². The fraction of sp³-hybridized carbons (Fsp3) is 0.211. The van der Waals surface area contributed by atoms with E-state index < -0.39 is 5.91 Å². The first-order valence-corrected chi connectivity index (χ1v) is 9.11. The summed E-state index contributed by atoms with van der Waals surface area (Å²) in [6.07, 6.45) is 1.53. The quantitative estimate of drug-likeness (QED) is 0.461. The lowest BCUT2D eigenvalue weighted by Crippen LogP contribution is -2.15. The van der Waals surface area contributed by atoms with Gasteiger partial charge in [-0.3, -0.25) is 4.79 Å². The zero-order valence-corrected chi connectivity index (χ0v) is 16.1. The van der Waals surface area contributed by atoms with Crippen LogP contribution in [0.3, 0.4) is 0 Å². The van der Waals surface area contributed by atoms with Crippen molar-refractivity contribution >= 4 is 34.8 Å². The Balaban J connectivity index is 1.79. The molecule has 2 heterocycles. The smallest absolute Gasteiger partial charge is 0.249 e. The van der Waals surface area contributed by atoms with E-state index in [2.05, 4.69) is 20.7 Å². The number of nitrogens with two attached hydrogens (primary N) is 1. The Morgan fingerprint density at radius 3 is 2.82 bits per heavy atom. The number of aromatic nitrogens is 3. The number of primary amides is 1. The summed E-state index contributed by atoms with van der Waals surface area (Å²) in [4.78, 5) is 15.9. The SMILES string of the molecule is CCn1nc(CO)cc1Nc1cc(NCc2ccccc2C(N)=O)c(Cl)cn1. The number of pyridine rings is 1. The summed E-state index contributed by atoms with van der Waals surface area (Å²) in [7, 11) is 0. The van der Waals surface area contributed by atoms with Gasteiger partial charge in [-0.15, -0.1) is 0 Å². The second-order valence-electron chi connectivity index (χ2n) is 6.04. The molecule has 0 radical (unpaired) electrons. The molecule has 8 nitrogen and oxygen atoms in total. The molecular weight excluding hydrogens is 380 g/mol. The molecule has 0 saturated heterocycles. The number of nitrogens with zero attached hydrogens (tertiary/aromatic N) is 3. The standard InChI is InChI=1S/C19H21ClN6O2/c1-2-26-18(7-13(11-27)25-26)24-17-8-16(15(20)10-23-17)22-9-12-5-3-4-6-14(12)19(21)28/h3-8,10,27H,2,9,11H2,1H3,(H2,21,28)(H2,22,23,24). The van der Waals surface area contributed by atoms with Crippen molar-refractivity contribution in [1.29, 1.82) is 0 Å². The lowest BCUT2D eigenvalue weighted by molar-refractivity contribution is 0.0999. The first kappa shape index (κ1) is 19.7. The third-order valence-corrected chi connectivity index (χ3v) is 4.46. The third kappa shape index (κ3) is 4.41. The van der Waals surface area contributed by atoms with Gasteiger partial charge in [0.05, 0.1) is 29.2 Å². The highest BCUT2D eigenvalue weighted by molar-refractivity contribution is 6.33. The van der Waals surface area contributed by atoms with Crippen LogP contribution in [0.5, 0.6) is 0 Å². The second kappa shape index (κ2) is 8.73. The molecule has 9 heteroatoms. The molecule has 28 heavy (non-hydrogen) atoms. The van der Waals surface area contributed by atoms with E-state index in [1.807, 2.05) is 19.1 Å². The van der Waals surface area contributed by atoms with Crippen LogP contribution in [-0.4, -0.2) is 25.8 Å². The zero-order valence-electron chi connectivity index (χ0n) is 15.3. The molecule has 0 atom stereocenters. The van der Waals surface area contributed by atoms with E-state index in [0.717, 1.165) is 5.56 Å². The summed E-state index contributed by atoms with van der Waals surface area (Å²) in [6, 6.07) is 10.7. The predicted molar refractivity (Wildman–Crippen MR) is 109 cm³/mol. The number of anilines is 3. The van der Waals surface area contributed by atoms with Crippen molar-refractivity contribution < 1.29 is 9.90 Å². The fourth-order valence-corrected chi connectivity index (χ4v) is 2.94. The van der Waals surface area contributed by atoms with Crippen LogP contribution in [-0.2, 0) is 19.7 Å². The minimum atomic E-state index is -0.479. The maximum atomic E-state index is 11.6. The number of benzene rings is 1. The Bertz CT molecular complexity index is 988. The van der Waals surface area contributed by atoms with E-state index in [0.29, 0.717) is 46.7 Å². The molecule has 0 unspecified atom stereocenters. The number of aryl methyl sites for hydroxylation is 1. The summed E-state index contributed by atoms with van der Waals surface area (Å²) in [5.74, 6) is 0.800. The molecule has 0 aliphatic rings. The summed E-state index contributed by atoms with van der Waals surface area (Å²) in [6.45, 7) is 2.84. The van der Waals surface area contributed by atoms with Crippen molar-refractivity contribution in [3.63, 3.8) is 0 Å². The van der Waals surface area contributed by atoms with Gasteiger partial charge in [0.15, 0.2) is 0 Å². The van der Waals surface area contributed by atoms with E-state index in [1.54, 1.807) is 28.9 Å². The van der Waals surface area contributed by atoms with Gasteiger partial charge in [0, 0.05) is 30.8 Å². The van der Waals surface area contributed by atoms with Crippen molar-refractivity contribution in [2.75, 3.05) is 10.6 Å². The third-order valence-electron chi connectivity index (χ3n) is 4.16. The fourth-order valence-electron chi connectivity index (χ4n) is 2.77. The highest BCUT2D eigenvalue weighted by Crippen LogP contribution is 2.26. The monoisotopic (exact) mass is 400 g/mol. The van der Waals surface area contributed by atoms with E-state index in [4.69, 9.17) is 17.3 Å². The maximum Gasteiger partial charge on any atom is 0.249 e. The zero-order chi connectivity index (χ0) is 20.1. The van der Waals surface area contributed by atoms with Crippen LogP contribution in [0.15, 0.2) is 42.6 Å². The van der Waals surface area contributed by atoms with E-state index in [9.17, 15) is 9.90 Å². The van der Waals surface area contributed by atoms with Crippen LogP contribution >= 0.6 is 11.6 Å². The molecule has 146 valence electrons. The van der Waals surface area contributed by atoms with Crippen LogP contribution in [0.4, 0.5) is 17.3 Å². The average molecular weight is 401 g/mol. The summed E-state index contributed by atoms with van der Waals surface area (Å²) in [5.41, 5.74) is 7.88. The Morgan fingerprint density at radius 1 is 1.32 bits per heavy atom. The number of rotatable bonds is 8. The normalized spacial score (nSPS) is 10.7. The lowest BCUT2D eigenvalue weighted by Gasteiger charge is -2.13. The topological polar surface area (TPSA) is 118 Å². The maximum absolute atomic E-state index is 11.6. The Labute approximate surface area is 167 Å². The number of amides is 1. The van der Waals surface area contributed by atoms with Crippen molar-refractivity contribution in [2.24, 2.45) is 5.73 Å². The average Bonchev–Trinajstić information content (AvgIpc) is 3.10. The molecule has 5 N–H and O–H groups in total. The van der Waals surface area contributed by atoms with Crippen LogP contribution in [0, 0.1) is 0 Å². The minimum absolute atomic E-state index is 0.137. The van der Waals surface area contributed by atoms with Crippen molar-refractivity contribution in [3.8, 4) is 0 Å². The van der Waals surface area contributed by atoms with Gasteiger partial charge < -0.3 is 21.5 Å². The van der Waals surface area contributed by atoms with Crippen LogP contribution < -0.4 is 16.4 Å². The van der Waals surface area contributed by atoms with Gasteiger partial charge in [0.25, 0.3) is 0 Å². The van der Waals surface area contributed by atoms with Crippen molar-refractivity contribution in [2.45, 2.75) is 26.6 Å². The molecule has 3 aromatic rings. The summed E-state index contributed by atoms with van der Waals surface area (Å²) in [5, 5.41) is 20.4. The van der Waals surface area contributed by atoms with Crippen LogP contribution in [0.2, 0.25) is 5.02 Å². The molecule has 3 rings (SSSR count). The largest absolute Gasteiger partial charge is 0.390 e. The molecule has 0 fully saturated rings. The highest BCUT2D eigenvalue weighted by atomic mass is 35.5. The number of carbonyl (C=O) groups excluding carboxylic acids is 1. The van der Waals surface area contributed by atoms with Gasteiger partial charge in [0.2, 0.25) is 5.91 Å². The summed E-state index contributed by atoms with van der Waals surface area (Å²) < 4.78 is 1.73. The highest BCUT2D eigenvalue weighted by Gasteiger charge is 2.11. The lowest BCUT2D eigenvalue weighted by atomic mass is 10.1. The molecule has 0 aliphatic heterocycles. The molecule has 1 amide bonds. The number of carbonyl (C=O) groups is 1. The molecule has 0 bridgehead atoms. The van der Waals surface area contributed by atoms with E-state index in [1.165, 1.54) is 6.20 Å². The van der Waals surface area contributed by atoms with Crippen molar-refractivity contribution in [3.05, 3.63) is 64.4 Å². The molecular formula is C19H21ClN6O2. The Hall–Kier alpha value is -3.10. The number of nitrogens with one attached hydrogen (secondary N) is 2. The predicted octanol–water partition coefficient (Wildman–Crippen LogP) is 2.90. The minimum Gasteiger partial charge on any atom is -0.390 e. The van der Waals surface area contributed by atoms with Gasteiger partial charge in [-0.25, -0.2) is 9.67 Å². The Morgan fingerprint density at radius 2 is 2.11 bits per heavy atom. The van der Waals surface area contributed by atoms with Crippen LogP contribution in [0.25, 0.3) is 0 Å². The van der Waals surface area contributed by atoms with E-state index >= 15 is 0 Å².